The van der Waals surface area contributed by atoms with Gasteiger partial charge in [0, 0.05) is 96.4 Å². The predicted molar refractivity (Wildman–Crippen MR) is 496 cm³/mol. The molecule has 674 valence electrons. The maximum absolute atomic E-state index is 15.2. The van der Waals surface area contributed by atoms with E-state index in [1.54, 1.807) is 4.90 Å². The summed E-state index contributed by atoms with van der Waals surface area (Å²) in [4.78, 5) is 83.2. The third-order valence-electron chi connectivity index (χ3n) is 22.8. The first kappa shape index (κ1) is 112. The molecule has 1 rings (SSSR count). The van der Waals surface area contributed by atoms with E-state index in [2.05, 4.69) is 127 Å². The fourth-order valence-electron chi connectivity index (χ4n) is 15.2. The van der Waals surface area contributed by atoms with E-state index in [4.69, 9.17) is 4.74 Å². The van der Waals surface area contributed by atoms with Crippen LogP contribution in [0.4, 0.5) is 0 Å². The number of nitrogens with zero attached hydrogens (tertiary/aromatic N) is 2. The summed E-state index contributed by atoms with van der Waals surface area (Å²) in [6.07, 6.45) is 69.0. The van der Waals surface area contributed by atoms with E-state index >= 15 is 4.79 Å². The zero-order valence-corrected chi connectivity index (χ0v) is 77.1. The van der Waals surface area contributed by atoms with Crippen LogP contribution in [-0.2, 0) is 33.5 Å². The van der Waals surface area contributed by atoms with Gasteiger partial charge >= 0.3 is 11.9 Å². The third-order valence-corrected chi connectivity index (χ3v) is 22.8. The second-order valence-electron chi connectivity index (χ2n) is 33.7. The second-order valence-corrected chi connectivity index (χ2v) is 33.7. The molecule has 0 aliphatic carbocycles. The van der Waals surface area contributed by atoms with Crippen LogP contribution in [0, 0.1) is 71.0 Å². The quantitative estimate of drug-likeness (QED) is 0.0147. The molecule has 1 aliphatic rings. The Labute approximate surface area is 726 Å². The number of cyclic esters (lactones) is 1. The van der Waals surface area contributed by atoms with Gasteiger partial charge in [-0.1, -0.05) is 340 Å². The molecule has 118 heavy (non-hydrogen) atoms. The van der Waals surface area contributed by atoms with Crippen molar-refractivity contribution < 1.29 is 48.2 Å². The minimum Gasteiger partial charge on any atom is -0.463 e. The van der Waals surface area contributed by atoms with E-state index in [1.165, 1.54) is 193 Å². The number of carbonyl (C=O) groups excluding carboxylic acids is 6. The molecular weight excluding hydrogens is 1470 g/mol. The average Bonchev–Trinajstić information content (AvgIpc) is 0.908. The monoisotopic (exact) mass is 1640 g/mol. The Bertz CT molecular complexity index is 2830. The number of quaternary nitrogens is 1. The zero-order chi connectivity index (χ0) is 86.0. The number of nitrogens with one attached hydrogen (secondary N) is 4. The van der Waals surface area contributed by atoms with Crippen molar-refractivity contribution in [3.05, 3.63) is 0 Å². The number of carbonyl (C=O) groups is 6. The predicted octanol–water partition coefficient (Wildman–Crippen LogP) is 22.6. The molecule has 15 heteroatoms. The molecule has 1 saturated heterocycles. The van der Waals surface area contributed by atoms with Crippen molar-refractivity contribution >= 4 is 35.5 Å². The molecule has 15 nitrogen and oxygen atoms in total. The Morgan fingerprint density at radius 1 is 0.364 bits per heavy atom. The van der Waals surface area contributed by atoms with Crippen molar-refractivity contribution in [2.45, 2.75) is 483 Å². The van der Waals surface area contributed by atoms with Gasteiger partial charge in [-0.3, -0.25) is 28.5 Å². The number of hydrogen-bond donors (Lipinski definition) is 6. The first-order valence-electron chi connectivity index (χ1n) is 49.4. The van der Waals surface area contributed by atoms with Crippen LogP contribution in [0.15, 0.2) is 0 Å². The lowest BCUT2D eigenvalue weighted by molar-refractivity contribution is -0.880. The van der Waals surface area contributed by atoms with E-state index in [0.717, 1.165) is 167 Å². The maximum Gasteiger partial charge on any atom is 0.315 e. The molecule has 6 N–H and O–H groups in total. The average molecular weight is 1650 g/mol. The molecule has 0 aromatic carbocycles. The summed E-state index contributed by atoms with van der Waals surface area (Å²) in [6, 6.07) is -2.04. The fraction of sp³-hybridized carbons (Fsp3) is 0.825. The van der Waals surface area contributed by atoms with Crippen molar-refractivity contribution in [3.63, 3.8) is 0 Å². The number of rotatable bonds is 78. The van der Waals surface area contributed by atoms with Gasteiger partial charge in [0.25, 0.3) is 0 Å². The van der Waals surface area contributed by atoms with Gasteiger partial charge in [0.1, 0.15) is 12.6 Å². The molecule has 0 spiro atoms. The maximum atomic E-state index is 15.2. The van der Waals surface area contributed by atoms with E-state index < -0.39 is 30.7 Å². The van der Waals surface area contributed by atoms with Gasteiger partial charge in [0.05, 0.1) is 51.6 Å². The normalized spacial score (nSPS) is 12.9. The highest BCUT2D eigenvalue weighted by Gasteiger charge is 2.46. The van der Waals surface area contributed by atoms with Crippen molar-refractivity contribution in [1.82, 2.24) is 26.2 Å². The van der Waals surface area contributed by atoms with Gasteiger partial charge < -0.3 is 41.1 Å². The van der Waals surface area contributed by atoms with Crippen molar-refractivity contribution in [2.75, 3.05) is 65.6 Å². The Hall–Kier alpha value is -5.78. The first-order chi connectivity index (χ1) is 57.9. The largest absolute Gasteiger partial charge is 0.463 e. The Morgan fingerprint density at radius 2 is 0.678 bits per heavy atom. The molecule has 0 aromatic heterocycles. The van der Waals surface area contributed by atoms with E-state index in [0.29, 0.717) is 77.7 Å². The molecule has 0 radical (unpaired) electrons. The number of ether oxygens (including phenoxy) is 1. The van der Waals surface area contributed by atoms with E-state index in [1.807, 2.05) is 6.92 Å². The van der Waals surface area contributed by atoms with Crippen molar-refractivity contribution in [2.24, 2.45) is 0 Å². The van der Waals surface area contributed by atoms with Crippen LogP contribution in [0.1, 0.15) is 465 Å². The van der Waals surface area contributed by atoms with Crippen molar-refractivity contribution in [1.29, 1.82) is 0 Å². The Kier molecular flexibility index (Phi) is 84.6. The topological polar surface area (TPSA) is 203 Å². The summed E-state index contributed by atoms with van der Waals surface area (Å²) in [5.41, 5.74) is 0. The van der Waals surface area contributed by atoms with Gasteiger partial charge in [-0.25, -0.2) is 4.79 Å². The lowest BCUT2D eigenvalue weighted by atomic mass is 10.0. The SMILES string of the molecule is CCCC.CCCCCCCCCCCCC#CC#CCCCCCCCCC(=O)NCCCNC(CO)CC(=O)[N@+](CCC)(CCCNC(=O)CCCCCCCCC#CC#CCCCCCCCCCCCC)C(CO)CC(=O)N(CCCNC(=O)CCCCCCCCC#CC#CCCCCCCCCCCCC)C1COC(=O)C1. The van der Waals surface area contributed by atoms with Gasteiger partial charge in [-0.15, -0.1) is 0 Å². The van der Waals surface area contributed by atoms with Gasteiger partial charge in [0.2, 0.25) is 23.6 Å². The number of amides is 5. The molecule has 1 heterocycles. The smallest absolute Gasteiger partial charge is 0.315 e. The van der Waals surface area contributed by atoms with Crippen LogP contribution in [0.25, 0.3) is 0 Å². The lowest BCUT2D eigenvalue weighted by Gasteiger charge is -2.43. The highest BCUT2D eigenvalue weighted by atomic mass is 16.5. The molecule has 0 aromatic rings. The van der Waals surface area contributed by atoms with Crippen LogP contribution in [0.5, 0.6) is 0 Å². The van der Waals surface area contributed by atoms with E-state index in [9.17, 15) is 34.2 Å². The fourth-order valence-corrected chi connectivity index (χ4v) is 15.2. The van der Waals surface area contributed by atoms with Crippen LogP contribution in [0.2, 0.25) is 0 Å². The zero-order valence-electron chi connectivity index (χ0n) is 77.1. The van der Waals surface area contributed by atoms with Gasteiger partial charge in [0.15, 0.2) is 0 Å². The number of aliphatic hydroxyl groups excluding tert-OH is 2. The summed E-state index contributed by atoms with van der Waals surface area (Å²) in [5.74, 6) is 36.4. The van der Waals surface area contributed by atoms with Crippen molar-refractivity contribution in [3.8, 4) is 71.0 Å². The molecule has 1 fully saturated rings. The standard InChI is InChI=1S/C99H168N6O9.C4H10/c1-5-9-12-15-18-21-24-27-30-33-36-39-42-45-48-51-54-57-60-63-66-69-75-94(108)101-79-72-78-100-91(88-106)85-98(112)105(83-8-4,84-74-81-103-96(110)77-71-68-65-62-59-56-53-50-47-44-41-38-35-32-29-26-23-20-17-14-11-7-3)93(89-107)87-97(111)104(92-86-99(113)114-90-92)82-73-80-102-95(109)76-70-67-64-61-58-55-52-49-46-43-40-37-34-31-28-25-22-19-16-13-10-6-2;1-3-4-2/h91-93,100,106-107H,5-38,51-90H2,1-4H3,(H2-,101,102,103,108,109,110);3-4H2,1-2H3/p+1/t91?,92?,93?,105-;/m1./s1. The lowest BCUT2D eigenvalue weighted by Crippen LogP contribution is -2.64. The molecule has 0 saturated carbocycles. The van der Waals surface area contributed by atoms with Gasteiger partial charge in [-0.05, 0) is 119 Å². The molecule has 5 amide bonds. The molecule has 0 bridgehead atoms. The minimum atomic E-state index is -0.873. The summed E-state index contributed by atoms with van der Waals surface area (Å²) in [5, 5.41) is 34.6. The van der Waals surface area contributed by atoms with Crippen LogP contribution in [0.3, 0.4) is 0 Å². The van der Waals surface area contributed by atoms with Crippen LogP contribution in [-0.4, -0.2) is 139 Å². The van der Waals surface area contributed by atoms with Crippen LogP contribution < -0.4 is 21.3 Å². The Morgan fingerprint density at radius 3 is 0.975 bits per heavy atom. The third kappa shape index (κ3) is 71.9. The molecule has 3 unspecified atom stereocenters. The molecular formula is C103H179N6O9+. The first-order valence-corrected chi connectivity index (χ1v) is 49.4. The molecule has 4 atom stereocenters. The number of hydrogen-bond acceptors (Lipinski definition) is 10. The number of unbranched alkanes of at least 4 members (excludes halogenated alkanes) is 49. The minimum absolute atomic E-state index is 0.00873. The summed E-state index contributed by atoms with van der Waals surface area (Å²) >= 11 is 0. The Balaban J connectivity index is 0.0000334. The van der Waals surface area contributed by atoms with E-state index in [-0.39, 0.29) is 79.6 Å². The highest BCUT2D eigenvalue weighted by molar-refractivity contribution is 5.80. The summed E-state index contributed by atoms with van der Waals surface area (Å²) < 4.78 is 5.14. The summed E-state index contributed by atoms with van der Waals surface area (Å²) in [6.45, 7) is 14.6. The number of aliphatic hydroxyl groups is 2. The summed E-state index contributed by atoms with van der Waals surface area (Å²) in [7, 11) is 0. The molecule has 1 aliphatic heterocycles. The van der Waals surface area contributed by atoms with Crippen LogP contribution >= 0.6 is 0 Å². The highest BCUT2D eigenvalue weighted by Crippen LogP contribution is 2.26. The second kappa shape index (κ2) is 89.0. The number of esters is 1. The van der Waals surface area contributed by atoms with Gasteiger partial charge in [-0.2, -0.15) is 0 Å².